The lowest BCUT2D eigenvalue weighted by Crippen LogP contribution is -2.46. The van der Waals surface area contributed by atoms with Crippen LogP contribution in [0.25, 0.3) is 0 Å². The van der Waals surface area contributed by atoms with Gasteiger partial charge in [-0.15, -0.1) is 0 Å². The number of hydrogen-bond donors (Lipinski definition) is 2. The molecule has 2 fully saturated rings. The fraction of sp³-hybridized carbons (Fsp3) is 0.588. The maximum atomic E-state index is 12.1. The molecule has 0 unspecified atom stereocenters. The van der Waals surface area contributed by atoms with E-state index in [1.165, 1.54) is 0 Å². The molecule has 2 saturated heterocycles. The van der Waals surface area contributed by atoms with Crippen LogP contribution in [0.3, 0.4) is 0 Å². The van der Waals surface area contributed by atoms with Gasteiger partial charge in [-0.25, -0.2) is 0 Å². The van der Waals surface area contributed by atoms with Crippen LogP contribution in [0.1, 0.15) is 12.8 Å². The van der Waals surface area contributed by atoms with E-state index >= 15 is 0 Å². The molecule has 1 amide bonds. The highest BCUT2D eigenvalue weighted by atomic mass is 35.5. The monoisotopic (exact) mass is 354 g/mol. The van der Waals surface area contributed by atoms with Crippen molar-refractivity contribution in [3.8, 4) is 5.75 Å². The van der Waals surface area contributed by atoms with Crippen LogP contribution in [-0.4, -0.2) is 67.0 Å². The third kappa shape index (κ3) is 4.60. The lowest BCUT2D eigenvalue weighted by atomic mass is 10.1. The summed E-state index contributed by atoms with van der Waals surface area (Å²) < 4.78 is 11.2. The van der Waals surface area contributed by atoms with Gasteiger partial charge >= 0.3 is 0 Å². The van der Waals surface area contributed by atoms with Crippen LogP contribution >= 0.6 is 11.6 Å². The van der Waals surface area contributed by atoms with Crippen LogP contribution in [-0.2, 0) is 9.53 Å². The fourth-order valence-corrected chi connectivity index (χ4v) is 3.44. The van der Waals surface area contributed by atoms with Gasteiger partial charge in [-0.1, -0.05) is 11.6 Å². The predicted octanol–water partition coefficient (Wildman–Crippen LogP) is 1.06. The molecule has 132 valence electrons. The third-order valence-corrected chi connectivity index (χ3v) is 4.74. The van der Waals surface area contributed by atoms with Crippen molar-refractivity contribution >= 4 is 17.5 Å². The summed E-state index contributed by atoms with van der Waals surface area (Å²) in [5.74, 6) is 0.501. The Morgan fingerprint density at radius 2 is 2.17 bits per heavy atom. The zero-order valence-corrected chi connectivity index (χ0v) is 14.2. The molecule has 2 heterocycles. The van der Waals surface area contributed by atoms with Gasteiger partial charge in [0.1, 0.15) is 5.75 Å². The van der Waals surface area contributed by atoms with Crippen molar-refractivity contribution < 1.29 is 19.4 Å². The maximum Gasteiger partial charge on any atom is 0.258 e. The molecule has 0 radical (unpaired) electrons. The first kappa shape index (κ1) is 17.5. The molecule has 0 spiro atoms. The number of benzene rings is 1. The molecular weight excluding hydrogens is 332 g/mol. The molecule has 2 aliphatic heterocycles. The molecule has 2 aliphatic rings. The Morgan fingerprint density at radius 3 is 2.92 bits per heavy atom. The number of nitrogens with one attached hydrogen (secondary N) is 1. The largest absolute Gasteiger partial charge is 0.484 e. The number of aliphatic hydroxyl groups is 1. The third-order valence-electron chi connectivity index (χ3n) is 4.49. The minimum absolute atomic E-state index is 0.00750. The minimum Gasteiger partial charge on any atom is -0.484 e. The number of hydrogen-bond acceptors (Lipinski definition) is 5. The van der Waals surface area contributed by atoms with E-state index in [-0.39, 0.29) is 31.3 Å². The van der Waals surface area contributed by atoms with E-state index in [1.54, 1.807) is 24.3 Å². The number of morpholine rings is 1. The Labute approximate surface area is 146 Å². The first-order valence-corrected chi connectivity index (χ1v) is 8.66. The molecule has 0 aliphatic carbocycles. The smallest absolute Gasteiger partial charge is 0.258 e. The normalized spacial score (nSPS) is 26.8. The average Bonchev–Trinajstić information content (AvgIpc) is 2.96. The molecular formula is C17H23ClN2O4. The van der Waals surface area contributed by atoms with Gasteiger partial charge in [-0.2, -0.15) is 0 Å². The molecule has 6 nitrogen and oxygen atoms in total. The molecule has 0 bridgehead atoms. The van der Waals surface area contributed by atoms with E-state index in [4.69, 9.17) is 26.2 Å². The summed E-state index contributed by atoms with van der Waals surface area (Å²) in [5.41, 5.74) is 0. The van der Waals surface area contributed by atoms with Crippen molar-refractivity contribution in [1.82, 2.24) is 10.2 Å². The van der Waals surface area contributed by atoms with Gasteiger partial charge in [0.05, 0.1) is 12.7 Å². The SMILES string of the molecule is O=C(COc1ccc(Cl)cc1)N[C@@H]1C[C@H]2CO[C@@H](CCO)CN2C1. The Morgan fingerprint density at radius 1 is 1.38 bits per heavy atom. The van der Waals surface area contributed by atoms with E-state index in [0.29, 0.717) is 29.8 Å². The van der Waals surface area contributed by atoms with E-state index in [0.717, 1.165) is 19.5 Å². The topological polar surface area (TPSA) is 71.0 Å². The number of rotatable bonds is 6. The van der Waals surface area contributed by atoms with E-state index < -0.39 is 0 Å². The second kappa shape index (κ2) is 8.16. The Bertz CT molecular complexity index is 554. The van der Waals surface area contributed by atoms with Crippen LogP contribution in [0.5, 0.6) is 5.75 Å². The van der Waals surface area contributed by atoms with Crippen LogP contribution in [0.15, 0.2) is 24.3 Å². The van der Waals surface area contributed by atoms with Crippen LogP contribution < -0.4 is 10.1 Å². The number of carbonyl (C=O) groups excluding carboxylic acids is 1. The predicted molar refractivity (Wildman–Crippen MR) is 90.3 cm³/mol. The molecule has 3 rings (SSSR count). The summed E-state index contributed by atoms with van der Waals surface area (Å²) in [6.07, 6.45) is 1.64. The van der Waals surface area contributed by atoms with Crippen molar-refractivity contribution in [2.75, 3.05) is 32.9 Å². The molecule has 1 aromatic carbocycles. The number of carbonyl (C=O) groups is 1. The lowest BCUT2D eigenvalue weighted by Gasteiger charge is -2.34. The number of amides is 1. The number of aliphatic hydroxyl groups excluding tert-OH is 1. The fourth-order valence-electron chi connectivity index (χ4n) is 3.31. The first-order chi connectivity index (χ1) is 11.6. The van der Waals surface area contributed by atoms with Crippen molar-refractivity contribution in [2.45, 2.75) is 31.0 Å². The number of fused-ring (bicyclic) bond motifs is 1. The van der Waals surface area contributed by atoms with Crippen molar-refractivity contribution in [2.24, 2.45) is 0 Å². The second-order valence-electron chi connectivity index (χ2n) is 6.32. The zero-order valence-electron chi connectivity index (χ0n) is 13.5. The first-order valence-electron chi connectivity index (χ1n) is 8.28. The molecule has 3 atom stereocenters. The molecule has 0 saturated carbocycles. The summed E-state index contributed by atoms with van der Waals surface area (Å²) in [5, 5.41) is 12.7. The summed E-state index contributed by atoms with van der Waals surface area (Å²) >= 11 is 5.81. The Hall–Kier alpha value is -1.34. The van der Waals surface area contributed by atoms with Crippen molar-refractivity contribution in [1.29, 1.82) is 0 Å². The standard InChI is InChI=1S/C17H23ClN2O4/c18-12-1-3-15(4-2-12)24-11-17(22)19-13-7-14-10-23-16(5-6-21)9-20(14)8-13/h1-4,13-14,16,21H,5-11H2,(H,19,22)/t13-,14+,16+/m1/s1. The summed E-state index contributed by atoms with van der Waals surface area (Å²) in [4.78, 5) is 14.4. The van der Waals surface area contributed by atoms with Gasteiger partial charge in [0.25, 0.3) is 5.91 Å². The summed E-state index contributed by atoms with van der Waals surface area (Å²) in [6.45, 7) is 2.44. The lowest BCUT2D eigenvalue weighted by molar-refractivity contribution is -0.123. The van der Waals surface area contributed by atoms with Crippen LogP contribution in [0.2, 0.25) is 5.02 Å². The molecule has 0 aromatic heterocycles. The van der Waals surface area contributed by atoms with Crippen LogP contribution in [0, 0.1) is 0 Å². The average molecular weight is 355 g/mol. The number of ether oxygens (including phenoxy) is 2. The molecule has 24 heavy (non-hydrogen) atoms. The minimum atomic E-state index is -0.123. The van der Waals surface area contributed by atoms with Crippen molar-refractivity contribution in [3.05, 3.63) is 29.3 Å². The number of halogens is 1. The highest BCUT2D eigenvalue weighted by Gasteiger charge is 2.37. The van der Waals surface area contributed by atoms with E-state index in [1.807, 2.05) is 0 Å². The van der Waals surface area contributed by atoms with Crippen molar-refractivity contribution in [3.63, 3.8) is 0 Å². The van der Waals surface area contributed by atoms with Gasteiger partial charge in [-0.3, -0.25) is 9.69 Å². The Kier molecular flexibility index (Phi) is 5.94. The van der Waals surface area contributed by atoms with E-state index in [2.05, 4.69) is 10.2 Å². The highest BCUT2D eigenvalue weighted by molar-refractivity contribution is 6.30. The van der Waals surface area contributed by atoms with Gasteiger partial charge in [0.15, 0.2) is 6.61 Å². The highest BCUT2D eigenvalue weighted by Crippen LogP contribution is 2.24. The molecule has 2 N–H and O–H groups in total. The Balaban J connectivity index is 1.42. The molecule has 7 heteroatoms. The summed E-state index contributed by atoms with van der Waals surface area (Å²) in [7, 11) is 0. The van der Waals surface area contributed by atoms with E-state index in [9.17, 15) is 4.79 Å². The molecule has 1 aromatic rings. The quantitative estimate of drug-likeness (QED) is 0.799. The van der Waals surface area contributed by atoms with Crippen LogP contribution in [0.4, 0.5) is 0 Å². The zero-order chi connectivity index (χ0) is 16.9. The maximum absolute atomic E-state index is 12.1. The van der Waals surface area contributed by atoms with Gasteiger partial charge in [0, 0.05) is 36.8 Å². The second-order valence-corrected chi connectivity index (χ2v) is 6.75. The summed E-state index contributed by atoms with van der Waals surface area (Å²) in [6, 6.07) is 7.41. The number of nitrogens with zero attached hydrogens (tertiary/aromatic N) is 1. The van der Waals surface area contributed by atoms with Gasteiger partial charge < -0.3 is 19.9 Å². The van der Waals surface area contributed by atoms with Gasteiger partial charge in [-0.05, 0) is 37.1 Å². The van der Waals surface area contributed by atoms with Gasteiger partial charge in [0.2, 0.25) is 0 Å².